The van der Waals surface area contributed by atoms with Crippen LogP contribution in [0.25, 0.3) is 6.08 Å². The fourth-order valence-electron chi connectivity index (χ4n) is 1.91. The predicted molar refractivity (Wildman–Crippen MR) is 80.3 cm³/mol. The molecule has 6 heteroatoms. The summed E-state index contributed by atoms with van der Waals surface area (Å²) in [4.78, 5) is 23.2. The van der Waals surface area contributed by atoms with Gasteiger partial charge in [0.15, 0.2) is 0 Å². The number of amides is 1. The van der Waals surface area contributed by atoms with Crippen molar-refractivity contribution in [2.75, 3.05) is 23.3 Å². The third kappa shape index (κ3) is 4.38. The van der Waals surface area contributed by atoms with Crippen molar-refractivity contribution in [3.63, 3.8) is 0 Å². The van der Waals surface area contributed by atoms with E-state index in [2.05, 4.69) is 10.2 Å². The van der Waals surface area contributed by atoms with Gasteiger partial charge in [0, 0.05) is 37.3 Å². The summed E-state index contributed by atoms with van der Waals surface area (Å²) >= 11 is 0. The van der Waals surface area contributed by atoms with Crippen molar-refractivity contribution < 1.29 is 9.72 Å². The summed E-state index contributed by atoms with van der Waals surface area (Å²) in [5.41, 5.74) is 2.14. The standard InChI is InChI=1S/C14H19N3O3/c1-4-16(5-2)13-7-6-12(8-9-17(19)20)14(10-13)15-11(3)18/h6-10H,4-5H2,1-3H3,(H,15,18). The average molecular weight is 277 g/mol. The minimum absolute atomic E-state index is 0.211. The van der Waals surface area contributed by atoms with E-state index in [1.54, 1.807) is 6.07 Å². The zero-order valence-corrected chi connectivity index (χ0v) is 11.9. The van der Waals surface area contributed by atoms with Crippen LogP contribution in [0.5, 0.6) is 0 Å². The number of hydrogen-bond donors (Lipinski definition) is 1. The third-order valence-electron chi connectivity index (χ3n) is 2.85. The van der Waals surface area contributed by atoms with Crippen molar-refractivity contribution in [2.45, 2.75) is 20.8 Å². The van der Waals surface area contributed by atoms with Crippen LogP contribution in [0.3, 0.4) is 0 Å². The number of nitro groups is 1. The van der Waals surface area contributed by atoms with Gasteiger partial charge < -0.3 is 10.2 Å². The molecule has 1 N–H and O–H groups in total. The Balaban J connectivity index is 3.18. The van der Waals surface area contributed by atoms with Crippen LogP contribution in [0.2, 0.25) is 0 Å². The SMILES string of the molecule is CCN(CC)c1ccc(C=C[N+](=O)[O-])c(NC(C)=O)c1. The molecule has 0 bridgehead atoms. The first-order valence-corrected chi connectivity index (χ1v) is 6.46. The lowest BCUT2D eigenvalue weighted by molar-refractivity contribution is -0.400. The molecule has 6 nitrogen and oxygen atoms in total. The molecule has 20 heavy (non-hydrogen) atoms. The Bertz CT molecular complexity index is 522. The lowest BCUT2D eigenvalue weighted by atomic mass is 10.1. The molecule has 1 aromatic carbocycles. The van der Waals surface area contributed by atoms with Gasteiger partial charge in [0.2, 0.25) is 12.1 Å². The van der Waals surface area contributed by atoms with Gasteiger partial charge in [-0.1, -0.05) is 6.07 Å². The van der Waals surface area contributed by atoms with Crippen LogP contribution in [-0.2, 0) is 4.79 Å². The van der Waals surface area contributed by atoms with Crippen molar-refractivity contribution in [2.24, 2.45) is 0 Å². The van der Waals surface area contributed by atoms with E-state index in [0.29, 0.717) is 11.3 Å². The molecule has 0 aliphatic rings. The molecular formula is C14H19N3O3. The molecule has 0 saturated carbocycles. The summed E-state index contributed by atoms with van der Waals surface area (Å²) in [6, 6.07) is 5.48. The van der Waals surface area contributed by atoms with Crippen molar-refractivity contribution in [1.82, 2.24) is 0 Å². The number of benzene rings is 1. The lowest BCUT2D eigenvalue weighted by Gasteiger charge is -2.22. The van der Waals surface area contributed by atoms with Gasteiger partial charge in [-0.3, -0.25) is 14.9 Å². The van der Waals surface area contributed by atoms with Crippen molar-refractivity contribution >= 4 is 23.4 Å². The molecule has 0 fully saturated rings. The summed E-state index contributed by atoms with van der Waals surface area (Å²) in [7, 11) is 0. The van der Waals surface area contributed by atoms with Gasteiger partial charge in [0.25, 0.3) is 0 Å². The van der Waals surface area contributed by atoms with Crippen LogP contribution in [0, 0.1) is 10.1 Å². The minimum atomic E-state index is -0.532. The van der Waals surface area contributed by atoms with E-state index in [9.17, 15) is 14.9 Å². The number of anilines is 2. The third-order valence-corrected chi connectivity index (χ3v) is 2.85. The maximum atomic E-state index is 11.2. The number of rotatable bonds is 6. The molecule has 0 atom stereocenters. The van der Waals surface area contributed by atoms with Gasteiger partial charge in [-0.2, -0.15) is 0 Å². The Kier molecular flexibility index (Phi) is 5.71. The quantitative estimate of drug-likeness (QED) is 0.640. The summed E-state index contributed by atoms with van der Waals surface area (Å²) in [6.45, 7) is 7.19. The summed E-state index contributed by atoms with van der Waals surface area (Å²) in [5.74, 6) is -0.211. The highest BCUT2D eigenvalue weighted by molar-refractivity contribution is 5.92. The summed E-state index contributed by atoms with van der Waals surface area (Å²) < 4.78 is 0. The van der Waals surface area contributed by atoms with Crippen molar-refractivity contribution in [3.8, 4) is 0 Å². The normalized spacial score (nSPS) is 10.6. The maximum absolute atomic E-state index is 11.2. The van der Waals surface area contributed by atoms with Gasteiger partial charge in [0.1, 0.15) is 0 Å². The van der Waals surface area contributed by atoms with E-state index < -0.39 is 4.92 Å². The summed E-state index contributed by atoms with van der Waals surface area (Å²) in [5, 5.41) is 13.1. The molecule has 0 aliphatic carbocycles. The monoisotopic (exact) mass is 277 g/mol. The molecule has 0 unspecified atom stereocenters. The van der Waals surface area contributed by atoms with E-state index in [1.807, 2.05) is 26.0 Å². The molecule has 0 heterocycles. The second-order valence-corrected chi connectivity index (χ2v) is 4.23. The highest BCUT2D eigenvalue weighted by Gasteiger charge is 2.08. The van der Waals surface area contributed by atoms with Gasteiger partial charge in [-0.25, -0.2) is 0 Å². The Morgan fingerprint density at radius 2 is 2.05 bits per heavy atom. The van der Waals surface area contributed by atoms with E-state index in [-0.39, 0.29) is 5.91 Å². The molecule has 0 aromatic heterocycles. The van der Waals surface area contributed by atoms with Crippen LogP contribution < -0.4 is 10.2 Å². The second kappa shape index (κ2) is 7.28. The molecule has 0 aliphatic heterocycles. The highest BCUT2D eigenvalue weighted by atomic mass is 16.6. The van der Waals surface area contributed by atoms with E-state index in [0.717, 1.165) is 25.0 Å². The molecule has 0 saturated heterocycles. The number of carbonyl (C=O) groups is 1. The zero-order chi connectivity index (χ0) is 15.1. The number of nitrogens with one attached hydrogen (secondary N) is 1. The van der Waals surface area contributed by atoms with Gasteiger partial charge >= 0.3 is 0 Å². The second-order valence-electron chi connectivity index (χ2n) is 4.23. The zero-order valence-electron chi connectivity index (χ0n) is 11.9. The molecule has 1 aromatic rings. The Hall–Kier alpha value is -2.37. The Morgan fingerprint density at radius 3 is 2.55 bits per heavy atom. The minimum Gasteiger partial charge on any atom is -0.372 e. The van der Waals surface area contributed by atoms with Crippen LogP contribution >= 0.6 is 0 Å². The molecule has 0 spiro atoms. The topological polar surface area (TPSA) is 75.5 Å². The fraction of sp³-hybridized carbons (Fsp3) is 0.357. The van der Waals surface area contributed by atoms with Gasteiger partial charge in [-0.15, -0.1) is 0 Å². The number of nitrogens with zero attached hydrogens (tertiary/aromatic N) is 2. The fourth-order valence-corrected chi connectivity index (χ4v) is 1.91. The van der Waals surface area contributed by atoms with Crippen LogP contribution in [0.4, 0.5) is 11.4 Å². The van der Waals surface area contributed by atoms with Crippen molar-refractivity contribution in [3.05, 3.63) is 40.1 Å². The Morgan fingerprint density at radius 1 is 1.40 bits per heavy atom. The molecule has 1 rings (SSSR count). The highest BCUT2D eigenvalue weighted by Crippen LogP contribution is 2.25. The van der Waals surface area contributed by atoms with Crippen LogP contribution in [0.1, 0.15) is 26.3 Å². The number of carbonyl (C=O) groups excluding carboxylic acids is 1. The van der Waals surface area contributed by atoms with Gasteiger partial charge in [-0.05, 0) is 26.0 Å². The van der Waals surface area contributed by atoms with Crippen molar-refractivity contribution in [1.29, 1.82) is 0 Å². The Labute approximate surface area is 118 Å². The number of hydrogen-bond acceptors (Lipinski definition) is 4. The molecular weight excluding hydrogens is 258 g/mol. The van der Waals surface area contributed by atoms with Crippen LogP contribution in [0.15, 0.2) is 24.4 Å². The van der Waals surface area contributed by atoms with E-state index >= 15 is 0 Å². The molecule has 0 radical (unpaired) electrons. The van der Waals surface area contributed by atoms with Crippen LogP contribution in [-0.4, -0.2) is 23.9 Å². The predicted octanol–water partition coefficient (Wildman–Crippen LogP) is 2.74. The first-order valence-electron chi connectivity index (χ1n) is 6.46. The van der Waals surface area contributed by atoms with Gasteiger partial charge in [0.05, 0.1) is 10.6 Å². The maximum Gasteiger partial charge on any atom is 0.235 e. The summed E-state index contributed by atoms with van der Waals surface area (Å²) in [6.07, 6.45) is 2.23. The smallest absolute Gasteiger partial charge is 0.235 e. The van der Waals surface area contributed by atoms with E-state index in [1.165, 1.54) is 13.0 Å². The lowest BCUT2D eigenvalue weighted by Crippen LogP contribution is -2.22. The largest absolute Gasteiger partial charge is 0.372 e. The first kappa shape index (κ1) is 15.7. The van der Waals surface area contributed by atoms with E-state index in [4.69, 9.17) is 0 Å². The first-order chi connectivity index (χ1) is 9.47. The molecule has 1 amide bonds. The average Bonchev–Trinajstić information content (AvgIpc) is 2.38. The molecule has 108 valence electrons.